The topological polar surface area (TPSA) is 29.1 Å². The molecule has 0 bridgehead atoms. The van der Waals surface area contributed by atoms with Crippen LogP contribution >= 0.6 is 15.9 Å². The minimum absolute atomic E-state index is 0.0791. The summed E-state index contributed by atoms with van der Waals surface area (Å²) >= 11 is 3.13. The Labute approximate surface area is 128 Å². The smallest absolute Gasteiger partial charge is 0.321 e. The first-order valence-electron chi connectivity index (χ1n) is 6.02. The molecule has 0 aliphatic rings. The maximum atomic E-state index is 12.7. The van der Waals surface area contributed by atoms with Gasteiger partial charge in [0.25, 0.3) is 5.91 Å². The standard InChI is InChI=1S/C15H11BrF3NO/c1-9-2-4-10(5-3-9)14(21)20-13-8-11(15(17,18)19)6-7-12(13)16/h2-8H,1H3,(H,20,21). The van der Waals surface area contributed by atoms with Gasteiger partial charge in [0.05, 0.1) is 11.3 Å². The van der Waals surface area contributed by atoms with Crippen molar-refractivity contribution in [1.29, 1.82) is 0 Å². The molecule has 2 rings (SSSR count). The fourth-order valence-corrected chi connectivity index (χ4v) is 2.04. The zero-order chi connectivity index (χ0) is 15.6. The third-order valence-electron chi connectivity index (χ3n) is 2.86. The van der Waals surface area contributed by atoms with Crippen molar-refractivity contribution in [1.82, 2.24) is 0 Å². The van der Waals surface area contributed by atoms with Crippen LogP contribution in [0.15, 0.2) is 46.9 Å². The molecular formula is C15H11BrF3NO. The van der Waals surface area contributed by atoms with E-state index in [-0.39, 0.29) is 5.69 Å². The third-order valence-corrected chi connectivity index (χ3v) is 3.55. The van der Waals surface area contributed by atoms with Crippen LogP contribution in [-0.4, -0.2) is 5.91 Å². The highest BCUT2D eigenvalue weighted by molar-refractivity contribution is 9.10. The number of anilines is 1. The Bertz CT molecular complexity index is 666. The first-order valence-corrected chi connectivity index (χ1v) is 6.81. The number of amides is 1. The molecule has 1 N–H and O–H groups in total. The summed E-state index contributed by atoms with van der Waals surface area (Å²) in [5.74, 6) is -0.463. The summed E-state index contributed by atoms with van der Waals surface area (Å²) in [6, 6.07) is 9.86. The maximum absolute atomic E-state index is 12.7. The van der Waals surface area contributed by atoms with E-state index in [0.29, 0.717) is 10.0 Å². The van der Waals surface area contributed by atoms with Gasteiger partial charge >= 0.3 is 6.18 Å². The normalized spacial score (nSPS) is 11.3. The Balaban J connectivity index is 2.26. The zero-order valence-electron chi connectivity index (χ0n) is 11.0. The molecule has 0 atom stereocenters. The van der Waals surface area contributed by atoms with Gasteiger partial charge in [0.2, 0.25) is 0 Å². The van der Waals surface area contributed by atoms with Crippen molar-refractivity contribution in [3.8, 4) is 0 Å². The van der Waals surface area contributed by atoms with Crippen LogP contribution in [0, 0.1) is 6.92 Å². The highest BCUT2D eigenvalue weighted by Crippen LogP contribution is 2.34. The lowest BCUT2D eigenvalue weighted by molar-refractivity contribution is -0.137. The van der Waals surface area contributed by atoms with Crippen molar-refractivity contribution in [3.63, 3.8) is 0 Å². The van der Waals surface area contributed by atoms with E-state index in [1.807, 2.05) is 6.92 Å². The quantitative estimate of drug-likeness (QED) is 0.802. The predicted molar refractivity (Wildman–Crippen MR) is 78.3 cm³/mol. The van der Waals surface area contributed by atoms with Gasteiger partial charge < -0.3 is 5.32 Å². The fraction of sp³-hybridized carbons (Fsp3) is 0.133. The molecule has 0 fully saturated rings. The van der Waals surface area contributed by atoms with Gasteiger partial charge in [-0.05, 0) is 53.2 Å². The van der Waals surface area contributed by atoms with Crippen molar-refractivity contribution in [3.05, 3.63) is 63.6 Å². The molecule has 6 heteroatoms. The van der Waals surface area contributed by atoms with E-state index in [1.165, 1.54) is 6.07 Å². The molecule has 0 radical (unpaired) electrons. The Morgan fingerprint density at radius 3 is 2.29 bits per heavy atom. The van der Waals surface area contributed by atoms with Gasteiger partial charge in [-0.3, -0.25) is 4.79 Å². The van der Waals surface area contributed by atoms with E-state index < -0.39 is 17.6 Å². The lowest BCUT2D eigenvalue weighted by atomic mass is 10.1. The predicted octanol–water partition coefficient (Wildman–Crippen LogP) is 5.03. The second-order valence-electron chi connectivity index (χ2n) is 4.51. The SMILES string of the molecule is Cc1ccc(C(=O)Nc2cc(C(F)(F)F)ccc2Br)cc1. The number of halogens is 4. The number of alkyl halides is 3. The Kier molecular flexibility index (Phi) is 4.37. The van der Waals surface area contributed by atoms with Crippen molar-refractivity contribution < 1.29 is 18.0 Å². The molecule has 110 valence electrons. The molecule has 0 saturated carbocycles. The van der Waals surface area contributed by atoms with E-state index in [0.717, 1.165) is 17.7 Å². The highest BCUT2D eigenvalue weighted by Gasteiger charge is 2.31. The molecule has 0 spiro atoms. The first-order chi connectivity index (χ1) is 9.77. The van der Waals surface area contributed by atoms with Crippen molar-refractivity contribution in [2.24, 2.45) is 0 Å². The molecule has 0 unspecified atom stereocenters. The molecule has 0 aliphatic heterocycles. The van der Waals surface area contributed by atoms with Gasteiger partial charge in [-0.2, -0.15) is 13.2 Å². The molecule has 0 saturated heterocycles. The summed E-state index contributed by atoms with van der Waals surface area (Å²) < 4.78 is 38.4. The van der Waals surface area contributed by atoms with Crippen LogP contribution in [0.1, 0.15) is 21.5 Å². The van der Waals surface area contributed by atoms with Crippen LogP contribution in [0.3, 0.4) is 0 Å². The Hall–Kier alpha value is -1.82. The average molecular weight is 358 g/mol. The van der Waals surface area contributed by atoms with Crippen molar-refractivity contribution in [2.45, 2.75) is 13.1 Å². The van der Waals surface area contributed by atoms with Crippen LogP contribution < -0.4 is 5.32 Å². The summed E-state index contributed by atoms with van der Waals surface area (Å²) in [6.07, 6.45) is -4.45. The summed E-state index contributed by atoms with van der Waals surface area (Å²) in [4.78, 5) is 12.0. The van der Waals surface area contributed by atoms with Gasteiger partial charge in [0, 0.05) is 10.0 Å². The summed E-state index contributed by atoms with van der Waals surface area (Å²) in [7, 11) is 0. The van der Waals surface area contributed by atoms with E-state index in [1.54, 1.807) is 24.3 Å². The molecule has 0 aliphatic carbocycles. The molecule has 0 heterocycles. The fourth-order valence-electron chi connectivity index (χ4n) is 1.70. The summed E-state index contributed by atoms with van der Waals surface area (Å²) in [6.45, 7) is 1.88. The average Bonchev–Trinajstić information content (AvgIpc) is 2.40. The summed E-state index contributed by atoms with van der Waals surface area (Å²) in [5, 5.41) is 2.47. The lowest BCUT2D eigenvalue weighted by Gasteiger charge is -2.12. The number of carbonyl (C=O) groups excluding carboxylic acids is 1. The highest BCUT2D eigenvalue weighted by atomic mass is 79.9. The van der Waals surface area contributed by atoms with Gasteiger partial charge in [0.1, 0.15) is 0 Å². The van der Waals surface area contributed by atoms with E-state index in [2.05, 4.69) is 21.2 Å². The number of nitrogens with one attached hydrogen (secondary N) is 1. The number of aryl methyl sites for hydroxylation is 1. The maximum Gasteiger partial charge on any atom is 0.416 e. The molecular weight excluding hydrogens is 347 g/mol. The number of rotatable bonds is 2. The molecule has 2 aromatic rings. The van der Waals surface area contributed by atoms with Crippen LogP contribution in [-0.2, 0) is 6.18 Å². The minimum atomic E-state index is -4.45. The largest absolute Gasteiger partial charge is 0.416 e. The Morgan fingerprint density at radius 1 is 1.10 bits per heavy atom. The zero-order valence-corrected chi connectivity index (χ0v) is 12.5. The van der Waals surface area contributed by atoms with E-state index in [9.17, 15) is 18.0 Å². The number of hydrogen-bond acceptors (Lipinski definition) is 1. The van der Waals surface area contributed by atoms with Gasteiger partial charge in [-0.25, -0.2) is 0 Å². The number of benzene rings is 2. The van der Waals surface area contributed by atoms with Gasteiger partial charge in [-0.1, -0.05) is 17.7 Å². The minimum Gasteiger partial charge on any atom is -0.321 e. The van der Waals surface area contributed by atoms with Crippen molar-refractivity contribution in [2.75, 3.05) is 5.32 Å². The van der Waals surface area contributed by atoms with Crippen LogP contribution in [0.5, 0.6) is 0 Å². The van der Waals surface area contributed by atoms with Crippen LogP contribution in [0.4, 0.5) is 18.9 Å². The second kappa shape index (κ2) is 5.89. The van der Waals surface area contributed by atoms with E-state index in [4.69, 9.17) is 0 Å². The summed E-state index contributed by atoms with van der Waals surface area (Å²) in [5.41, 5.74) is 0.636. The molecule has 1 amide bonds. The second-order valence-corrected chi connectivity index (χ2v) is 5.37. The van der Waals surface area contributed by atoms with Crippen molar-refractivity contribution >= 4 is 27.5 Å². The Morgan fingerprint density at radius 2 is 1.71 bits per heavy atom. The van der Waals surface area contributed by atoms with Crippen LogP contribution in [0.2, 0.25) is 0 Å². The monoisotopic (exact) mass is 357 g/mol. The molecule has 2 nitrogen and oxygen atoms in total. The molecule has 0 aromatic heterocycles. The van der Waals surface area contributed by atoms with Gasteiger partial charge in [0.15, 0.2) is 0 Å². The van der Waals surface area contributed by atoms with Gasteiger partial charge in [-0.15, -0.1) is 0 Å². The van der Waals surface area contributed by atoms with Crippen LogP contribution in [0.25, 0.3) is 0 Å². The lowest BCUT2D eigenvalue weighted by Crippen LogP contribution is -2.13. The number of carbonyl (C=O) groups is 1. The third kappa shape index (κ3) is 3.85. The van der Waals surface area contributed by atoms with E-state index >= 15 is 0 Å². The molecule has 2 aromatic carbocycles. The number of hydrogen-bond donors (Lipinski definition) is 1. The first kappa shape index (κ1) is 15.6. The molecule has 21 heavy (non-hydrogen) atoms.